The number of carbonyl (C=O) groups excluding carboxylic acids is 1. The van der Waals surface area contributed by atoms with Gasteiger partial charge in [-0.3, -0.25) is 4.79 Å². The molecule has 2 aromatic heterocycles. The Morgan fingerprint density at radius 2 is 1.81 bits per heavy atom. The summed E-state index contributed by atoms with van der Waals surface area (Å²) in [6.07, 6.45) is 7.66. The van der Waals surface area contributed by atoms with Gasteiger partial charge in [-0.25, -0.2) is 9.97 Å². The van der Waals surface area contributed by atoms with E-state index in [0.717, 1.165) is 39.9 Å². The molecular formula is C27H26N4O4S. The molecule has 2 N–H and O–H groups in total. The largest absolute Gasteiger partial charge is 0.493 e. The van der Waals surface area contributed by atoms with Gasteiger partial charge in [0.25, 0.3) is 5.91 Å². The van der Waals surface area contributed by atoms with E-state index in [4.69, 9.17) is 14.2 Å². The lowest BCUT2D eigenvalue weighted by molar-refractivity contribution is 0.0951. The first kappa shape index (κ1) is 23.6. The van der Waals surface area contributed by atoms with Crippen LogP contribution in [0.2, 0.25) is 0 Å². The van der Waals surface area contributed by atoms with Gasteiger partial charge in [-0.05, 0) is 30.5 Å². The summed E-state index contributed by atoms with van der Waals surface area (Å²) in [6, 6.07) is 11.6. The number of fused-ring (bicyclic) bond motifs is 1. The maximum atomic E-state index is 12.4. The van der Waals surface area contributed by atoms with Crippen LogP contribution in [0.4, 0.5) is 11.5 Å². The topological polar surface area (TPSA) is 94.6 Å². The number of methoxy groups -OCH3 is 3. The van der Waals surface area contributed by atoms with E-state index >= 15 is 0 Å². The lowest BCUT2D eigenvalue weighted by atomic mass is 10.1. The van der Waals surface area contributed by atoms with Crippen LogP contribution in [0, 0.1) is 0 Å². The summed E-state index contributed by atoms with van der Waals surface area (Å²) in [5.74, 6) is 2.28. The summed E-state index contributed by atoms with van der Waals surface area (Å²) >= 11 is 1.55. The fourth-order valence-corrected chi connectivity index (χ4v) is 4.77. The first-order chi connectivity index (χ1) is 17.6. The van der Waals surface area contributed by atoms with Crippen LogP contribution in [-0.2, 0) is 0 Å². The molecule has 0 atom stereocenters. The second-order valence-electron chi connectivity index (χ2n) is 8.34. The van der Waals surface area contributed by atoms with Crippen LogP contribution in [0.1, 0.15) is 34.3 Å². The zero-order valence-corrected chi connectivity index (χ0v) is 21.0. The number of nitrogens with one attached hydrogen (secondary N) is 2. The van der Waals surface area contributed by atoms with Crippen molar-refractivity contribution in [3.05, 3.63) is 64.8 Å². The maximum Gasteiger partial charge on any atom is 0.251 e. The van der Waals surface area contributed by atoms with Crippen molar-refractivity contribution in [2.24, 2.45) is 0 Å². The van der Waals surface area contributed by atoms with Crippen LogP contribution in [0.25, 0.3) is 22.4 Å². The summed E-state index contributed by atoms with van der Waals surface area (Å²) in [5, 5.41) is 8.42. The normalized spacial score (nSPS) is 13.1. The van der Waals surface area contributed by atoms with Crippen molar-refractivity contribution in [1.29, 1.82) is 0 Å². The van der Waals surface area contributed by atoms with Crippen molar-refractivity contribution in [3.63, 3.8) is 0 Å². The number of thiophene rings is 1. The third kappa shape index (κ3) is 4.96. The zero-order valence-electron chi connectivity index (χ0n) is 20.2. The van der Waals surface area contributed by atoms with E-state index in [1.54, 1.807) is 32.7 Å². The number of ether oxygens (including phenoxy) is 3. The van der Waals surface area contributed by atoms with Crippen LogP contribution in [-0.4, -0.2) is 43.2 Å². The van der Waals surface area contributed by atoms with Crippen molar-refractivity contribution < 1.29 is 19.0 Å². The van der Waals surface area contributed by atoms with E-state index in [-0.39, 0.29) is 5.91 Å². The van der Waals surface area contributed by atoms with Crippen molar-refractivity contribution >= 4 is 51.1 Å². The van der Waals surface area contributed by atoms with Crippen molar-refractivity contribution in [2.45, 2.75) is 18.9 Å². The van der Waals surface area contributed by atoms with Gasteiger partial charge < -0.3 is 24.8 Å². The lowest BCUT2D eigenvalue weighted by Crippen LogP contribution is -2.25. The molecule has 2 aromatic carbocycles. The Morgan fingerprint density at radius 1 is 1.03 bits per heavy atom. The number of hydrogen-bond acceptors (Lipinski definition) is 8. The first-order valence-corrected chi connectivity index (χ1v) is 12.4. The van der Waals surface area contributed by atoms with E-state index in [2.05, 4.69) is 20.6 Å². The molecule has 0 spiro atoms. The predicted molar refractivity (Wildman–Crippen MR) is 143 cm³/mol. The number of amides is 1. The molecule has 5 rings (SSSR count). The molecule has 0 aliphatic heterocycles. The molecule has 4 aromatic rings. The second kappa shape index (κ2) is 10.2. The Kier molecular flexibility index (Phi) is 6.73. The SMILES string of the molecule is COc1cc(Nc2ncnc3c(/C=C/c4cccc(C(=O)NC5CC5)c4)csc23)cc(OC)c1OC. The number of anilines is 2. The van der Waals surface area contributed by atoms with E-state index in [1.165, 1.54) is 6.33 Å². The van der Waals surface area contributed by atoms with Gasteiger partial charge in [0.1, 0.15) is 6.33 Å². The Balaban J connectivity index is 1.40. The van der Waals surface area contributed by atoms with Gasteiger partial charge in [0, 0.05) is 40.4 Å². The highest BCUT2D eigenvalue weighted by atomic mass is 32.1. The zero-order chi connectivity index (χ0) is 25.1. The molecule has 8 nitrogen and oxygen atoms in total. The molecule has 1 fully saturated rings. The minimum atomic E-state index is -0.0241. The van der Waals surface area contributed by atoms with Gasteiger partial charge in [-0.15, -0.1) is 11.3 Å². The smallest absolute Gasteiger partial charge is 0.251 e. The van der Waals surface area contributed by atoms with Crippen molar-refractivity contribution in [1.82, 2.24) is 15.3 Å². The highest BCUT2D eigenvalue weighted by Crippen LogP contribution is 2.41. The third-order valence-electron chi connectivity index (χ3n) is 5.83. The molecule has 1 aliphatic rings. The fourth-order valence-electron chi connectivity index (χ4n) is 3.83. The predicted octanol–water partition coefficient (Wildman–Crippen LogP) is 5.52. The minimum Gasteiger partial charge on any atom is -0.493 e. The molecule has 9 heteroatoms. The van der Waals surface area contributed by atoms with Gasteiger partial charge in [0.2, 0.25) is 5.75 Å². The van der Waals surface area contributed by atoms with Crippen LogP contribution >= 0.6 is 11.3 Å². The van der Waals surface area contributed by atoms with Crippen LogP contribution in [0.15, 0.2) is 48.1 Å². The fraction of sp³-hybridized carbons (Fsp3) is 0.222. The maximum absolute atomic E-state index is 12.4. The van der Waals surface area contributed by atoms with E-state index in [1.807, 2.05) is 53.9 Å². The highest BCUT2D eigenvalue weighted by molar-refractivity contribution is 7.18. The Morgan fingerprint density at radius 3 is 2.50 bits per heavy atom. The van der Waals surface area contributed by atoms with Crippen LogP contribution in [0.5, 0.6) is 17.2 Å². The molecule has 36 heavy (non-hydrogen) atoms. The molecule has 0 radical (unpaired) electrons. The van der Waals surface area contributed by atoms with Crippen LogP contribution < -0.4 is 24.8 Å². The summed E-state index contributed by atoms with van der Waals surface area (Å²) in [6.45, 7) is 0. The molecule has 2 heterocycles. The van der Waals surface area contributed by atoms with E-state index in [9.17, 15) is 4.79 Å². The van der Waals surface area contributed by atoms with E-state index in [0.29, 0.717) is 34.7 Å². The summed E-state index contributed by atoms with van der Waals surface area (Å²) in [4.78, 5) is 21.3. The van der Waals surface area contributed by atoms with Crippen molar-refractivity contribution in [2.75, 3.05) is 26.6 Å². The monoisotopic (exact) mass is 502 g/mol. The molecular weight excluding hydrogens is 476 g/mol. The number of nitrogens with zero attached hydrogens (tertiary/aromatic N) is 2. The number of carbonyl (C=O) groups is 1. The summed E-state index contributed by atoms with van der Waals surface area (Å²) < 4.78 is 17.2. The molecule has 1 aliphatic carbocycles. The van der Waals surface area contributed by atoms with Gasteiger partial charge in [0.15, 0.2) is 17.3 Å². The molecule has 1 saturated carbocycles. The Hall–Kier alpha value is -4.11. The molecule has 184 valence electrons. The standard InChI is InChI=1S/C27H26N4O4S/c1-33-21-12-20(13-22(34-2)24(21)35-3)30-26-25-23(28-15-29-26)18(14-36-25)8-7-16-5-4-6-17(11-16)27(32)31-19-9-10-19/h4-8,11-15,19H,9-10H2,1-3H3,(H,31,32)(H,28,29,30)/b8-7+. The molecule has 0 unspecified atom stereocenters. The lowest BCUT2D eigenvalue weighted by Gasteiger charge is -2.15. The van der Waals surface area contributed by atoms with Gasteiger partial charge >= 0.3 is 0 Å². The van der Waals surface area contributed by atoms with Gasteiger partial charge in [-0.1, -0.05) is 24.3 Å². The molecule has 0 saturated heterocycles. The molecule has 0 bridgehead atoms. The molecule has 1 amide bonds. The quantitative estimate of drug-likeness (QED) is 0.311. The Labute approximate surface area is 212 Å². The average Bonchev–Trinajstić information content (AvgIpc) is 3.63. The van der Waals surface area contributed by atoms with E-state index < -0.39 is 0 Å². The van der Waals surface area contributed by atoms with Crippen LogP contribution in [0.3, 0.4) is 0 Å². The summed E-state index contributed by atoms with van der Waals surface area (Å²) in [7, 11) is 4.73. The highest BCUT2D eigenvalue weighted by Gasteiger charge is 2.23. The first-order valence-electron chi connectivity index (χ1n) is 11.5. The number of benzene rings is 2. The number of rotatable bonds is 9. The summed E-state index contributed by atoms with van der Waals surface area (Å²) in [5.41, 5.74) is 4.17. The second-order valence-corrected chi connectivity index (χ2v) is 9.22. The number of hydrogen-bond donors (Lipinski definition) is 2. The third-order valence-corrected chi connectivity index (χ3v) is 6.82. The minimum absolute atomic E-state index is 0.0241. The van der Waals surface area contributed by atoms with Gasteiger partial charge in [-0.2, -0.15) is 0 Å². The van der Waals surface area contributed by atoms with Gasteiger partial charge in [0.05, 0.1) is 31.5 Å². The van der Waals surface area contributed by atoms with Crippen molar-refractivity contribution in [3.8, 4) is 17.2 Å². The Bertz CT molecular complexity index is 1420. The average molecular weight is 503 g/mol. The number of aromatic nitrogens is 2.